The second kappa shape index (κ2) is 8.42. The van der Waals surface area contributed by atoms with Gasteiger partial charge in [-0.3, -0.25) is 0 Å². The highest BCUT2D eigenvalue weighted by atomic mass is 16.6. The summed E-state index contributed by atoms with van der Waals surface area (Å²) >= 11 is 0. The first kappa shape index (κ1) is 17.1. The zero-order valence-electron chi connectivity index (χ0n) is 14.5. The van der Waals surface area contributed by atoms with Crippen molar-refractivity contribution < 1.29 is 14.3 Å². The summed E-state index contributed by atoms with van der Waals surface area (Å²) in [6.07, 6.45) is 1.59. The van der Waals surface area contributed by atoms with Crippen molar-refractivity contribution in [2.75, 3.05) is 26.3 Å². The van der Waals surface area contributed by atoms with Crippen LogP contribution in [0.2, 0.25) is 0 Å². The van der Waals surface area contributed by atoms with Gasteiger partial charge in [0, 0.05) is 13.1 Å². The fraction of sp³-hybridized carbons (Fsp3) is 0.350. The van der Waals surface area contributed by atoms with Gasteiger partial charge in [0.05, 0.1) is 0 Å². The van der Waals surface area contributed by atoms with Crippen LogP contribution in [-0.4, -0.2) is 32.3 Å². The Morgan fingerprint density at radius 1 is 0.960 bits per heavy atom. The minimum atomic E-state index is -0.133. The molecule has 0 saturated heterocycles. The van der Waals surface area contributed by atoms with Crippen molar-refractivity contribution in [2.24, 2.45) is 0 Å². The first-order valence-corrected chi connectivity index (χ1v) is 8.67. The van der Waals surface area contributed by atoms with Crippen molar-refractivity contribution in [1.29, 1.82) is 0 Å². The van der Waals surface area contributed by atoms with Crippen LogP contribution in [0.1, 0.15) is 16.7 Å². The molecule has 0 radical (unpaired) electrons. The minimum Gasteiger partial charge on any atom is -0.486 e. The number of aryl methyl sites for hydroxylation is 1. The number of fused-ring (bicyclic) bond motifs is 1. The van der Waals surface area contributed by atoms with E-state index in [0.29, 0.717) is 26.3 Å². The van der Waals surface area contributed by atoms with Gasteiger partial charge >= 0.3 is 6.03 Å². The van der Waals surface area contributed by atoms with Crippen molar-refractivity contribution >= 4 is 6.03 Å². The number of carbonyl (C=O) groups excluding carboxylic acids is 1. The molecule has 0 saturated carbocycles. The maximum Gasteiger partial charge on any atom is 0.314 e. The van der Waals surface area contributed by atoms with E-state index >= 15 is 0 Å². The molecule has 5 nitrogen and oxygen atoms in total. The second-order valence-corrected chi connectivity index (χ2v) is 6.09. The van der Waals surface area contributed by atoms with Gasteiger partial charge in [0.1, 0.15) is 13.2 Å². The van der Waals surface area contributed by atoms with Crippen molar-refractivity contribution in [1.82, 2.24) is 10.6 Å². The molecular formula is C20H24N2O3. The maximum atomic E-state index is 11.9. The van der Waals surface area contributed by atoms with Crippen molar-refractivity contribution in [3.63, 3.8) is 0 Å². The quantitative estimate of drug-likeness (QED) is 0.850. The van der Waals surface area contributed by atoms with Crippen LogP contribution in [0.15, 0.2) is 42.5 Å². The summed E-state index contributed by atoms with van der Waals surface area (Å²) in [6, 6.07) is 14.0. The SMILES string of the molecule is Cc1ccccc1CCNC(=O)NCCc1ccc2c(c1)OCCO2. The monoisotopic (exact) mass is 340 g/mol. The first-order valence-electron chi connectivity index (χ1n) is 8.67. The van der Waals surface area contributed by atoms with E-state index in [-0.39, 0.29) is 6.03 Å². The van der Waals surface area contributed by atoms with Crippen LogP contribution in [-0.2, 0) is 12.8 Å². The molecule has 1 heterocycles. The van der Waals surface area contributed by atoms with Crippen molar-refractivity contribution in [3.8, 4) is 11.5 Å². The third-order valence-electron chi connectivity index (χ3n) is 4.25. The molecule has 0 aromatic heterocycles. The van der Waals surface area contributed by atoms with Crippen molar-refractivity contribution in [2.45, 2.75) is 19.8 Å². The Labute approximate surface area is 148 Å². The van der Waals surface area contributed by atoms with Crippen LogP contribution in [0.25, 0.3) is 0 Å². The van der Waals surface area contributed by atoms with Gasteiger partial charge in [-0.25, -0.2) is 4.79 Å². The molecule has 132 valence electrons. The molecule has 2 aromatic rings. The van der Waals surface area contributed by atoms with Crippen LogP contribution in [0.4, 0.5) is 4.79 Å². The molecule has 2 aromatic carbocycles. The Bertz CT molecular complexity index is 731. The van der Waals surface area contributed by atoms with Gasteiger partial charge in [0.2, 0.25) is 0 Å². The van der Waals surface area contributed by atoms with Crippen LogP contribution < -0.4 is 20.1 Å². The highest BCUT2D eigenvalue weighted by Crippen LogP contribution is 2.30. The minimum absolute atomic E-state index is 0.133. The third-order valence-corrected chi connectivity index (χ3v) is 4.25. The molecule has 5 heteroatoms. The summed E-state index contributed by atoms with van der Waals surface area (Å²) in [5, 5.41) is 5.79. The molecule has 0 fully saturated rings. The number of urea groups is 1. The molecule has 0 atom stereocenters. The molecule has 1 aliphatic rings. The Morgan fingerprint density at radius 2 is 1.68 bits per heavy atom. The number of hydrogen-bond acceptors (Lipinski definition) is 3. The van der Waals surface area contributed by atoms with Crippen LogP contribution in [0.5, 0.6) is 11.5 Å². The number of nitrogens with one attached hydrogen (secondary N) is 2. The molecule has 0 aliphatic carbocycles. The lowest BCUT2D eigenvalue weighted by atomic mass is 10.1. The van der Waals surface area contributed by atoms with Gasteiger partial charge in [-0.05, 0) is 48.6 Å². The van der Waals surface area contributed by atoms with Gasteiger partial charge in [-0.15, -0.1) is 0 Å². The molecule has 0 spiro atoms. The van der Waals surface area contributed by atoms with Gasteiger partial charge < -0.3 is 20.1 Å². The molecule has 0 bridgehead atoms. The molecule has 2 N–H and O–H groups in total. The fourth-order valence-electron chi connectivity index (χ4n) is 2.83. The largest absolute Gasteiger partial charge is 0.486 e. The van der Waals surface area contributed by atoms with Crippen LogP contribution >= 0.6 is 0 Å². The highest BCUT2D eigenvalue weighted by Gasteiger charge is 2.11. The average Bonchev–Trinajstić information content (AvgIpc) is 2.63. The van der Waals surface area contributed by atoms with Crippen molar-refractivity contribution in [3.05, 3.63) is 59.2 Å². The summed E-state index contributed by atoms with van der Waals surface area (Å²) in [6.45, 7) is 4.47. The number of amides is 2. The molecule has 3 rings (SSSR count). The van der Waals surface area contributed by atoms with E-state index < -0.39 is 0 Å². The molecular weight excluding hydrogens is 316 g/mol. The molecule has 25 heavy (non-hydrogen) atoms. The Balaban J connectivity index is 1.37. The fourth-order valence-corrected chi connectivity index (χ4v) is 2.83. The van der Waals surface area contributed by atoms with Crippen LogP contribution in [0.3, 0.4) is 0 Å². The Kier molecular flexibility index (Phi) is 5.77. The second-order valence-electron chi connectivity index (χ2n) is 6.09. The van der Waals surface area contributed by atoms with E-state index in [1.165, 1.54) is 11.1 Å². The molecule has 0 unspecified atom stereocenters. The topological polar surface area (TPSA) is 59.6 Å². The Morgan fingerprint density at radius 3 is 2.48 bits per heavy atom. The number of hydrogen-bond donors (Lipinski definition) is 2. The van der Waals surface area contributed by atoms with Gasteiger partial charge in [0.15, 0.2) is 11.5 Å². The maximum absolute atomic E-state index is 11.9. The van der Waals surface area contributed by atoms with Gasteiger partial charge in [0.25, 0.3) is 0 Å². The smallest absolute Gasteiger partial charge is 0.314 e. The van der Waals surface area contributed by atoms with E-state index in [9.17, 15) is 4.79 Å². The van der Waals surface area contributed by atoms with E-state index in [0.717, 1.165) is 29.9 Å². The average molecular weight is 340 g/mol. The predicted molar refractivity (Wildman–Crippen MR) is 97.4 cm³/mol. The lowest BCUT2D eigenvalue weighted by molar-refractivity contribution is 0.171. The summed E-state index contributed by atoms with van der Waals surface area (Å²) in [5.41, 5.74) is 3.63. The predicted octanol–water partition coefficient (Wildman–Crippen LogP) is 2.85. The molecule has 1 aliphatic heterocycles. The van der Waals surface area contributed by atoms with E-state index in [2.05, 4.69) is 29.7 Å². The third kappa shape index (κ3) is 4.89. The number of carbonyl (C=O) groups is 1. The lowest BCUT2D eigenvalue weighted by Gasteiger charge is -2.18. The van der Waals surface area contributed by atoms with E-state index in [1.807, 2.05) is 30.3 Å². The van der Waals surface area contributed by atoms with Crippen LogP contribution in [0, 0.1) is 6.92 Å². The number of benzene rings is 2. The number of ether oxygens (including phenoxy) is 2. The summed E-state index contributed by atoms with van der Waals surface area (Å²) in [4.78, 5) is 11.9. The Hall–Kier alpha value is -2.69. The lowest BCUT2D eigenvalue weighted by Crippen LogP contribution is -2.37. The first-order chi connectivity index (χ1) is 12.2. The van der Waals surface area contributed by atoms with Gasteiger partial charge in [-0.2, -0.15) is 0 Å². The summed E-state index contributed by atoms with van der Waals surface area (Å²) in [5.74, 6) is 1.57. The normalized spacial score (nSPS) is 12.5. The van der Waals surface area contributed by atoms with E-state index in [1.54, 1.807) is 0 Å². The molecule has 2 amide bonds. The standard InChI is InChI=1S/C20H24N2O3/c1-15-4-2-3-5-17(15)9-11-22-20(23)21-10-8-16-6-7-18-19(14-16)25-13-12-24-18/h2-7,14H,8-13H2,1H3,(H2,21,22,23). The summed E-state index contributed by atoms with van der Waals surface area (Å²) in [7, 11) is 0. The van der Waals surface area contributed by atoms with E-state index in [4.69, 9.17) is 9.47 Å². The zero-order valence-corrected chi connectivity index (χ0v) is 14.5. The summed E-state index contributed by atoms with van der Waals surface area (Å²) < 4.78 is 11.1. The van der Waals surface area contributed by atoms with Gasteiger partial charge in [-0.1, -0.05) is 30.3 Å². The highest BCUT2D eigenvalue weighted by molar-refractivity contribution is 5.73. The number of rotatable bonds is 6. The zero-order chi connectivity index (χ0) is 17.5.